The number of nitrogens with one attached hydrogen (secondary N) is 1. The highest BCUT2D eigenvalue weighted by molar-refractivity contribution is 5.92. The van der Waals surface area contributed by atoms with E-state index in [-0.39, 0.29) is 60.0 Å². The molecule has 0 bridgehead atoms. The van der Waals surface area contributed by atoms with E-state index < -0.39 is 58.4 Å². The second-order valence-electron chi connectivity index (χ2n) is 16.8. The lowest BCUT2D eigenvalue weighted by Gasteiger charge is -2.26. The fourth-order valence-electron chi connectivity index (χ4n) is 6.39. The van der Waals surface area contributed by atoms with Crippen molar-refractivity contribution in [2.24, 2.45) is 10.8 Å². The number of methoxy groups -OCH3 is 2. The molecule has 0 saturated heterocycles. The highest BCUT2D eigenvalue weighted by atomic mass is 16.6. The molecule has 1 amide bonds. The Morgan fingerprint density at radius 3 is 1.58 bits per heavy atom. The Morgan fingerprint density at radius 1 is 0.613 bits per heavy atom. The Bertz CT molecular complexity index is 2290. The zero-order valence-corrected chi connectivity index (χ0v) is 36.3. The fourth-order valence-corrected chi connectivity index (χ4v) is 6.39. The number of para-hydroxylation sites is 2. The van der Waals surface area contributed by atoms with Gasteiger partial charge in [0, 0.05) is 6.42 Å². The smallest absolute Gasteiger partial charge is 0.408 e. The van der Waals surface area contributed by atoms with Crippen LogP contribution in [-0.4, -0.2) is 72.0 Å². The number of ether oxygens (including phenoxy) is 6. The maximum Gasteiger partial charge on any atom is 0.408 e. The van der Waals surface area contributed by atoms with Gasteiger partial charge in [-0.3, -0.25) is 9.59 Å². The van der Waals surface area contributed by atoms with Crippen molar-refractivity contribution in [3.63, 3.8) is 0 Å². The van der Waals surface area contributed by atoms with Crippen LogP contribution in [0.3, 0.4) is 0 Å². The first-order valence-corrected chi connectivity index (χ1v) is 19.6. The second-order valence-corrected chi connectivity index (χ2v) is 16.8. The molecule has 0 aromatic heterocycles. The number of benzene rings is 4. The van der Waals surface area contributed by atoms with Crippen LogP contribution in [0.5, 0.6) is 23.0 Å². The minimum atomic E-state index is -1.32. The number of carbonyl (C=O) groups excluding carboxylic acids is 4. The molecule has 330 valence electrons. The SMILES string of the molecule is COc1c(CC(C)(C)C(=O)Oc2ccc(C[C@H](NC(=O)OC(C)(C)C)C(=O)OCc3ccccc3)cc2OC(=O)C(C)(C)Cc2cccc(C(=O)O)c2OC)cccc1C(=O)O. The van der Waals surface area contributed by atoms with Gasteiger partial charge in [-0.05, 0) is 108 Å². The highest BCUT2D eigenvalue weighted by Crippen LogP contribution is 2.37. The van der Waals surface area contributed by atoms with Gasteiger partial charge in [0.05, 0.1) is 25.0 Å². The summed E-state index contributed by atoms with van der Waals surface area (Å²) in [5.41, 5.74) is -1.77. The third kappa shape index (κ3) is 12.8. The molecular weight excluding hydrogens is 803 g/mol. The van der Waals surface area contributed by atoms with Gasteiger partial charge in [-0.1, -0.05) is 60.7 Å². The van der Waals surface area contributed by atoms with Crippen LogP contribution in [0.2, 0.25) is 0 Å². The molecule has 0 fully saturated rings. The zero-order chi connectivity index (χ0) is 46.0. The molecule has 0 unspecified atom stereocenters. The largest absolute Gasteiger partial charge is 0.496 e. The minimum Gasteiger partial charge on any atom is -0.496 e. The molecular formula is C47H53NO14. The molecule has 0 aliphatic carbocycles. The Morgan fingerprint density at radius 2 is 1.11 bits per heavy atom. The quantitative estimate of drug-likeness (QED) is 0.0649. The van der Waals surface area contributed by atoms with Gasteiger partial charge in [-0.2, -0.15) is 0 Å². The number of aromatic carboxylic acids is 2. The number of carboxylic acids is 2. The van der Waals surface area contributed by atoms with Gasteiger partial charge < -0.3 is 44.0 Å². The molecule has 4 aromatic rings. The van der Waals surface area contributed by atoms with Gasteiger partial charge in [0.2, 0.25) is 0 Å². The molecule has 15 heteroatoms. The summed E-state index contributed by atoms with van der Waals surface area (Å²) in [5.74, 6) is -4.99. The predicted octanol–water partition coefficient (Wildman–Crippen LogP) is 7.63. The van der Waals surface area contributed by atoms with E-state index in [9.17, 15) is 39.0 Å². The van der Waals surface area contributed by atoms with Crippen LogP contribution < -0.4 is 24.3 Å². The number of alkyl carbamates (subject to hydrolysis) is 1. The number of hydrogen-bond acceptors (Lipinski definition) is 12. The van der Waals surface area contributed by atoms with Crippen molar-refractivity contribution in [2.75, 3.05) is 14.2 Å². The maximum atomic E-state index is 14.1. The molecule has 4 aromatic carbocycles. The van der Waals surface area contributed by atoms with E-state index in [1.807, 2.05) is 6.07 Å². The van der Waals surface area contributed by atoms with Crippen LogP contribution in [0, 0.1) is 10.8 Å². The molecule has 0 spiro atoms. The summed E-state index contributed by atoms with van der Waals surface area (Å²) >= 11 is 0. The van der Waals surface area contributed by atoms with Gasteiger partial charge >= 0.3 is 35.9 Å². The first-order valence-electron chi connectivity index (χ1n) is 19.6. The third-order valence-electron chi connectivity index (χ3n) is 9.48. The number of hydrogen-bond donors (Lipinski definition) is 3. The fraction of sp³-hybridized carbons (Fsp3) is 0.362. The highest BCUT2D eigenvalue weighted by Gasteiger charge is 2.36. The van der Waals surface area contributed by atoms with Crippen LogP contribution in [0.25, 0.3) is 0 Å². The average Bonchev–Trinajstić information content (AvgIpc) is 3.19. The monoisotopic (exact) mass is 855 g/mol. The van der Waals surface area contributed by atoms with Crippen molar-refractivity contribution in [1.82, 2.24) is 5.32 Å². The lowest BCUT2D eigenvalue weighted by atomic mass is 9.84. The molecule has 0 radical (unpaired) electrons. The summed E-state index contributed by atoms with van der Waals surface area (Å²) in [6, 6.07) is 21.0. The number of carboxylic acid groups (broad SMARTS) is 2. The van der Waals surface area contributed by atoms with Crippen LogP contribution in [0.15, 0.2) is 84.9 Å². The summed E-state index contributed by atoms with van der Waals surface area (Å²) < 4.78 is 33.7. The van der Waals surface area contributed by atoms with Gasteiger partial charge in [-0.25, -0.2) is 19.2 Å². The van der Waals surface area contributed by atoms with Crippen molar-refractivity contribution < 1.29 is 67.4 Å². The molecule has 0 aliphatic rings. The van der Waals surface area contributed by atoms with Gasteiger partial charge in [0.25, 0.3) is 0 Å². The molecule has 0 heterocycles. The standard InChI is InChI=1S/C47H53NO14/c1-45(2,3)62-44(56)48-34(41(53)59-27-28-15-11-10-12-16-28)23-29-21-22-35(60-42(54)46(4,5)25-30-17-13-19-32(39(49)50)37(30)57-8)36(24-29)61-43(55)47(6,7)26-31-18-14-20-33(40(51)52)38(31)58-9/h10-22,24,34H,23,25-27H2,1-9H3,(H,48,56)(H,49,50)(H,51,52)/t34-/m0/s1. The van der Waals surface area contributed by atoms with Crippen LogP contribution in [0.1, 0.15) is 91.4 Å². The Balaban J connectivity index is 1.72. The van der Waals surface area contributed by atoms with E-state index in [1.54, 1.807) is 84.9 Å². The molecule has 3 N–H and O–H groups in total. The van der Waals surface area contributed by atoms with Crippen LogP contribution in [0.4, 0.5) is 4.79 Å². The van der Waals surface area contributed by atoms with E-state index in [1.165, 1.54) is 56.7 Å². The van der Waals surface area contributed by atoms with Gasteiger partial charge in [-0.15, -0.1) is 0 Å². The molecule has 62 heavy (non-hydrogen) atoms. The summed E-state index contributed by atoms with van der Waals surface area (Å²) in [5, 5.41) is 22.0. The summed E-state index contributed by atoms with van der Waals surface area (Å²) in [4.78, 5) is 78.4. The summed E-state index contributed by atoms with van der Waals surface area (Å²) in [6.07, 6.45) is -1.09. The number of amides is 1. The number of carbonyl (C=O) groups is 6. The lowest BCUT2D eigenvalue weighted by Crippen LogP contribution is -2.45. The Kier molecular flexibility index (Phi) is 15.5. The van der Waals surface area contributed by atoms with E-state index in [0.29, 0.717) is 22.3 Å². The van der Waals surface area contributed by atoms with Crippen molar-refractivity contribution in [3.8, 4) is 23.0 Å². The molecule has 0 aliphatic heterocycles. The average molecular weight is 856 g/mol. The topological polar surface area (TPSA) is 210 Å². The maximum absolute atomic E-state index is 14.1. The van der Waals surface area contributed by atoms with E-state index in [4.69, 9.17) is 28.4 Å². The van der Waals surface area contributed by atoms with Crippen molar-refractivity contribution in [2.45, 2.75) is 86.0 Å². The molecule has 0 saturated carbocycles. The minimum absolute atomic E-state index is 0.00326. The molecule has 1 atom stereocenters. The normalized spacial score (nSPS) is 12.0. The predicted molar refractivity (Wildman–Crippen MR) is 226 cm³/mol. The number of rotatable bonds is 18. The van der Waals surface area contributed by atoms with E-state index in [2.05, 4.69) is 5.32 Å². The van der Waals surface area contributed by atoms with Crippen molar-refractivity contribution >= 4 is 35.9 Å². The first-order chi connectivity index (χ1) is 29.0. The third-order valence-corrected chi connectivity index (χ3v) is 9.48. The summed E-state index contributed by atoms with van der Waals surface area (Å²) in [7, 11) is 2.65. The van der Waals surface area contributed by atoms with Gasteiger partial charge in [0.15, 0.2) is 11.5 Å². The summed E-state index contributed by atoms with van der Waals surface area (Å²) in [6.45, 7) is 11.3. The van der Waals surface area contributed by atoms with Gasteiger partial charge in [0.1, 0.15) is 40.9 Å². The first kappa shape index (κ1) is 47.8. The van der Waals surface area contributed by atoms with E-state index in [0.717, 1.165) is 0 Å². The Labute approximate surface area is 360 Å². The van der Waals surface area contributed by atoms with Crippen LogP contribution in [-0.2, 0) is 49.7 Å². The lowest BCUT2D eigenvalue weighted by molar-refractivity contribution is -0.147. The van der Waals surface area contributed by atoms with Crippen molar-refractivity contribution in [1.29, 1.82) is 0 Å². The molecule has 4 rings (SSSR count). The zero-order valence-electron chi connectivity index (χ0n) is 36.3. The second kappa shape index (κ2) is 20.1. The Hall–Kier alpha value is -6.90. The molecule has 15 nitrogen and oxygen atoms in total. The van der Waals surface area contributed by atoms with Crippen molar-refractivity contribution in [3.05, 3.63) is 118 Å². The number of esters is 3. The van der Waals surface area contributed by atoms with E-state index >= 15 is 0 Å². The van der Waals surface area contributed by atoms with Crippen LogP contribution >= 0.6 is 0 Å².